The van der Waals surface area contributed by atoms with Gasteiger partial charge in [-0.15, -0.1) is 0 Å². The predicted octanol–water partition coefficient (Wildman–Crippen LogP) is 2.39. The van der Waals surface area contributed by atoms with Gasteiger partial charge >= 0.3 is 0 Å². The van der Waals surface area contributed by atoms with Crippen LogP contribution in [0, 0.1) is 6.92 Å². The molecule has 0 aliphatic heterocycles. The molecule has 0 unspecified atom stereocenters. The number of fused-ring (bicyclic) bond motifs is 1. The number of nitrogens with one attached hydrogen (secondary N) is 1. The number of carbonyl (C=O) groups is 1. The normalized spacial score (nSPS) is 10.7. The van der Waals surface area contributed by atoms with E-state index in [-0.39, 0.29) is 12.3 Å². The molecule has 2 aromatic heterocycles. The molecule has 21 heavy (non-hydrogen) atoms. The SMILES string of the molecule is Cc1c(CNC(=O)Cc2cnccn2)oc2ccccc12. The van der Waals surface area contributed by atoms with E-state index in [0.717, 1.165) is 22.3 Å². The number of aryl methyl sites for hydroxylation is 1. The van der Waals surface area contributed by atoms with Crippen LogP contribution in [0.2, 0.25) is 0 Å². The average Bonchev–Trinajstić information content (AvgIpc) is 2.83. The minimum atomic E-state index is -0.102. The summed E-state index contributed by atoms with van der Waals surface area (Å²) in [5.41, 5.74) is 2.55. The zero-order chi connectivity index (χ0) is 14.7. The second-order valence-corrected chi connectivity index (χ2v) is 4.80. The van der Waals surface area contributed by atoms with E-state index < -0.39 is 0 Å². The van der Waals surface area contributed by atoms with Crippen molar-refractivity contribution in [3.8, 4) is 0 Å². The topological polar surface area (TPSA) is 68.0 Å². The van der Waals surface area contributed by atoms with E-state index >= 15 is 0 Å². The summed E-state index contributed by atoms with van der Waals surface area (Å²) in [6.45, 7) is 2.37. The number of furan rings is 1. The number of benzene rings is 1. The van der Waals surface area contributed by atoms with Gasteiger partial charge in [0.25, 0.3) is 0 Å². The largest absolute Gasteiger partial charge is 0.459 e. The van der Waals surface area contributed by atoms with Gasteiger partial charge in [0, 0.05) is 29.5 Å². The van der Waals surface area contributed by atoms with Gasteiger partial charge in [0.15, 0.2) is 0 Å². The third-order valence-electron chi connectivity index (χ3n) is 3.35. The fraction of sp³-hybridized carbons (Fsp3) is 0.188. The zero-order valence-electron chi connectivity index (χ0n) is 11.7. The molecule has 0 radical (unpaired) electrons. The molecule has 0 saturated carbocycles. The summed E-state index contributed by atoms with van der Waals surface area (Å²) in [4.78, 5) is 19.9. The van der Waals surface area contributed by atoms with E-state index in [1.807, 2.05) is 31.2 Å². The lowest BCUT2D eigenvalue weighted by molar-refractivity contribution is -0.120. The Morgan fingerprint density at radius 3 is 2.90 bits per heavy atom. The van der Waals surface area contributed by atoms with E-state index in [1.54, 1.807) is 18.6 Å². The summed E-state index contributed by atoms with van der Waals surface area (Å²) in [5.74, 6) is 0.680. The molecule has 1 aromatic carbocycles. The Balaban J connectivity index is 1.66. The highest BCUT2D eigenvalue weighted by molar-refractivity contribution is 5.82. The van der Waals surface area contributed by atoms with Crippen LogP contribution in [0.1, 0.15) is 17.0 Å². The van der Waals surface area contributed by atoms with Crippen molar-refractivity contribution in [1.82, 2.24) is 15.3 Å². The predicted molar refractivity (Wildman–Crippen MR) is 78.5 cm³/mol. The van der Waals surface area contributed by atoms with Crippen molar-refractivity contribution < 1.29 is 9.21 Å². The monoisotopic (exact) mass is 281 g/mol. The Hall–Kier alpha value is -2.69. The highest BCUT2D eigenvalue weighted by Gasteiger charge is 2.11. The lowest BCUT2D eigenvalue weighted by Gasteiger charge is -2.03. The third kappa shape index (κ3) is 2.91. The molecule has 0 atom stereocenters. The number of hydrogen-bond acceptors (Lipinski definition) is 4. The van der Waals surface area contributed by atoms with Gasteiger partial charge in [0.05, 0.1) is 18.7 Å². The molecule has 3 aromatic rings. The first-order valence-corrected chi connectivity index (χ1v) is 6.72. The summed E-state index contributed by atoms with van der Waals surface area (Å²) < 4.78 is 5.76. The van der Waals surface area contributed by atoms with Crippen LogP contribution < -0.4 is 5.32 Å². The Morgan fingerprint density at radius 1 is 1.29 bits per heavy atom. The molecule has 0 spiro atoms. The first kappa shape index (κ1) is 13.3. The maximum atomic E-state index is 11.9. The van der Waals surface area contributed by atoms with Crippen LogP contribution in [0.4, 0.5) is 0 Å². The molecule has 106 valence electrons. The molecule has 3 rings (SSSR count). The first-order chi connectivity index (χ1) is 10.2. The van der Waals surface area contributed by atoms with Crippen molar-refractivity contribution in [3.63, 3.8) is 0 Å². The van der Waals surface area contributed by atoms with Gasteiger partial charge in [-0.25, -0.2) is 0 Å². The van der Waals surface area contributed by atoms with Gasteiger partial charge in [-0.1, -0.05) is 18.2 Å². The van der Waals surface area contributed by atoms with Crippen LogP contribution in [-0.2, 0) is 17.8 Å². The van der Waals surface area contributed by atoms with Crippen molar-refractivity contribution in [3.05, 3.63) is 59.9 Å². The molecular weight excluding hydrogens is 266 g/mol. The third-order valence-corrected chi connectivity index (χ3v) is 3.35. The minimum absolute atomic E-state index is 0.102. The number of rotatable bonds is 4. The summed E-state index contributed by atoms with van der Waals surface area (Å²) >= 11 is 0. The fourth-order valence-electron chi connectivity index (χ4n) is 2.22. The van der Waals surface area contributed by atoms with Crippen LogP contribution in [0.5, 0.6) is 0 Å². The maximum absolute atomic E-state index is 11.9. The van der Waals surface area contributed by atoms with E-state index in [2.05, 4.69) is 15.3 Å². The number of amides is 1. The van der Waals surface area contributed by atoms with E-state index in [4.69, 9.17) is 4.42 Å². The van der Waals surface area contributed by atoms with Gasteiger partial charge in [-0.05, 0) is 13.0 Å². The van der Waals surface area contributed by atoms with Gasteiger partial charge in [0.1, 0.15) is 11.3 Å². The summed E-state index contributed by atoms with van der Waals surface area (Å²) in [6.07, 6.45) is 4.96. The lowest BCUT2D eigenvalue weighted by Crippen LogP contribution is -2.25. The average molecular weight is 281 g/mol. The second-order valence-electron chi connectivity index (χ2n) is 4.80. The van der Waals surface area contributed by atoms with Crippen LogP contribution in [0.25, 0.3) is 11.0 Å². The van der Waals surface area contributed by atoms with Gasteiger partial charge in [-0.3, -0.25) is 14.8 Å². The van der Waals surface area contributed by atoms with E-state index in [9.17, 15) is 4.79 Å². The smallest absolute Gasteiger partial charge is 0.226 e. The van der Waals surface area contributed by atoms with Crippen LogP contribution >= 0.6 is 0 Å². The number of nitrogens with zero attached hydrogens (tertiary/aromatic N) is 2. The fourth-order valence-corrected chi connectivity index (χ4v) is 2.22. The molecule has 2 heterocycles. The first-order valence-electron chi connectivity index (χ1n) is 6.72. The van der Waals surface area contributed by atoms with Crippen molar-refractivity contribution in [1.29, 1.82) is 0 Å². The summed E-state index contributed by atoms with van der Waals surface area (Å²) in [7, 11) is 0. The van der Waals surface area contributed by atoms with E-state index in [0.29, 0.717) is 12.2 Å². The molecule has 0 fully saturated rings. The van der Waals surface area contributed by atoms with Crippen LogP contribution in [0.3, 0.4) is 0 Å². The second kappa shape index (κ2) is 5.75. The van der Waals surface area contributed by atoms with Crippen molar-refractivity contribution >= 4 is 16.9 Å². The Labute approximate surface area is 122 Å². The Bertz CT molecular complexity index is 766. The number of carbonyl (C=O) groups excluding carboxylic acids is 1. The van der Waals surface area contributed by atoms with Gasteiger partial charge in [0.2, 0.25) is 5.91 Å². The molecule has 0 aliphatic carbocycles. The summed E-state index contributed by atoms with van der Waals surface area (Å²) in [5, 5.41) is 3.93. The highest BCUT2D eigenvalue weighted by atomic mass is 16.3. The molecule has 1 amide bonds. The number of aromatic nitrogens is 2. The van der Waals surface area contributed by atoms with Gasteiger partial charge < -0.3 is 9.73 Å². The van der Waals surface area contributed by atoms with Gasteiger partial charge in [-0.2, -0.15) is 0 Å². The number of para-hydroxylation sites is 1. The summed E-state index contributed by atoms with van der Waals surface area (Å²) in [6, 6.07) is 7.84. The van der Waals surface area contributed by atoms with Crippen LogP contribution in [0.15, 0.2) is 47.3 Å². The Morgan fingerprint density at radius 2 is 2.14 bits per heavy atom. The zero-order valence-corrected chi connectivity index (χ0v) is 11.7. The quantitative estimate of drug-likeness (QED) is 0.797. The Kier molecular flexibility index (Phi) is 3.64. The van der Waals surface area contributed by atoms with Crippen molar-refractivity contribution in [2.24, 2.45) is 0 Å². The minimum Gasteiger partial charge on any atom is -0.459 e. The number of hydrogen-bond donors (Lipinski definition) is 1. The van der Waals surface area contributed by atoms with Crippen molar-refractivity contribution in [2.75, 3.05) is 0 Å². The maximum Gasteiger partial charge on any atom is 0.226 e. The molecular formula is C16H15N3O2. The molecule has 0 saturated heterocycles. The molecule has 1 N–H and O–H groups in total. The molecule has 5 heteroatoms. The van der Waals surface area contributed by atoms with Crippen molar-refractivity contribution in [2.45, 2.75) is 19.9 Å². The standard InChI is InChI=1S/C16H15N3O2/c1-11-13-4-2-3-5-14(13)21-15(11)10-19-16(20)8-12-9-17-6-7-18-12/h2-7,9H,8,10H2,1H3,(H,19,20). The molecule has 5 nitrogen and oxygen atoms in total. The van der Waals surface area contributed by atoms with E-state index in [1.165, 1.54) is 0 Å². The van der Waals surface area contributed by atoms with Crippen LogP contribution in [-0.4, -0.2) is 15.9 Å². The molecule has 0 aliphatic rings. The lowest BCUT2D eigenvalue weighted by atomic mass is 10.1. The highest BCUT2D eigenvalue weighted by Crippen LogP contribution is 2.24. The molecule has 0 bridgehead atoms.